The van der Waals surface area contributed by atoms with Crippen LogP contribution in [0, 0.1) is 0 Å². The highest BCUT2D eigenvalue weighted by Gasteiger charge is 2.26. The van der Waals surface area contributed by atoms with Crippen molar-refractivity contribution in [2.75, 3.05) is 33.2 Å². The van der Waals surface area contributed by atoms with Crippen LogP contribution in [-0.2, 0) is 0 Å². The molecule has 17 heavy (non-hydrogen) atoms. The smallest absolute Gasteiger partial charge is 0.0204 e. The molecule has 0 spiro atoms. The van der Waals surface area contributed by atoms with Gasteiger partial charge in [0.05, 0.1) is 0 Å². The van der Waals surface area contributed by atoms with Gasteiger partial charge in [-0.25, -0.2) is 0 Å². The molecule has 2 fully saturated rings. The van der Waals surface area contributed by atoms with Crippen LogP contribution in [0.1, 0.15) is 26.7 Å². The first-order valence-electron chi connectivity index (χ1n) is 6.90. The van der Waals surface area contributed by atoms with Crippen LogP contribution in [0.2, 0.25) is 0 Å². The molecule has 0 radical (unpaired) electrons. The first kappa shape index (κ1) is 13.1. The standard InChI is InChI=1S/C14H27N3/c1-11(7-15-14-5-6-14)8-17-9-12(2)16(4)13(3)10-17/h12-15H,1,5-10H2,2-4H3. The van der Waals surface area contributed by atoms with Crippen molar-refractivity contribution in [3.8, 4) is 0 Å². The fraction of sp³-hybridized carbons (Fsp3) is 0.857. The van der Waals surface area contributed by atoms with E-state index < -0.39 is 0 Å². The van der Waals surface area contributed by atoms with E-state index in [9.17, 15) is 0 Å². The zero-order valence-corrected chi connectivity index (χ0v) is 11.6. The maximum Gasteiger partial charge on any atom is 0.0204 e. The van der Waals surface area contributed by atoms with Crippen molar-refractivity contribution in [3.05, 3.63) is 12.2 Å². The SMILES string of the molecule is C=C(CNC1CC1)CN1CC(C)N(C)C(C)C1. The zero-order chi connectivity index (χ0) is 12.4. The molecule has 0 aromatic heterocycles. The Balaban J connectivity index is 1.72. The fourth-order valence-electron chi connectivity index (χ4n) is 2.59. The summed E-state index contributed by atoms with van der Waals surface area (Å²) in [6.45, 7) is 13.2. The molecular formula is C14H27N3. The molecule has 0 aromatic rings. The minimum absolute atomic E-state index is 0.656. The minimum atomic E-state index is 0.656. The number of nitrogens with zero attached hydrogens (tertiary/aromatic N) is 2. The summed E-state index contributed by atoms with van der Waals surface area (Å²) in [7, 11) is 2.23. The minimum Gasteiger partial charge on any atom is -0.310 e. The van der Waals surface area contributed by atoms with Gasteiger partial charge in [0, 0.05) is 44.3 Å². The van der Waals surface area contributed by atoms with Crippen LogP contribution in [0.25, 0.3) is 0 Å². The Morgan fingerprint density at radius 1 is 1.24 bits per heavy atom. The van der Waals surface area contributed by atoms with Crippen LogP contribution in [-0.4, -0.2) is 61.2 Å². The summed E-state index contributed by atoms with van der Waals surface area (Å²) in [5, 5.41) is 3.54. The lowest BCUT2D eigenvalue weighted by Gasteiger charge is -2.42. The predicted molar refractivity (Wildman–Crippen MR) is 73.3 cm³/mol. The maximum absolute atomic E-state index is 4.20. The van der Waals surface area contributed by atoms with E-state index in [1.165, 1.54) is 31.5 Å². The van der Waals surface area contributed by atoms with E-state index in [1.807, 2.05) is 0 Å². The summed E-state index contributed by atoms with van der Waals surface area (Å²) >= 11 is 0. The lowest BCUT2D eigenvalue weighted by Crippen LogP contribution is -2.55. The van der Waals surface area contributed by atoms with E-state index in [4.69, 9.17) is 0 Å². The quantitative estimate of drug-likeness (QED) is 0.728. The Morgan fingerprint density at radius 2 is 1.82 bits per heavy atom. The third kappa shape index (κ3) is 3.80. The van der Waals surface area contributed by atoms with Crippen molar-refractivity contribution in [1.82, 2.24) is 15.1 Å². The van der Waals surface area contributed by atoms with Crippen LogP contribution < -0.4 is 5.32 Å². The third-order valence-corrected chi connectivity index (χ3v) is 4.10. The summed E-state index contributed by atoms with van der Waals surface area (Å²) in [5.74, 6) is 0. The van der Waals surface area contributed by atoms with E-state index in [-0.39, 0.29) is 0 Å². The van der Waals surface area contributed by atoms with Gasteiger partial charge in [0.2, 0.25) is 0 Å². The summed E-state index contributed by atoms with van der Waals surface area (Å²) < 4.78 is 0. The van der Waals surface area contributed by atoms with Gasteiger partial charge in [-0.3, -0.25) is 9.80 Å². The number of hydrogen-bond acceptors (Lipinski definition) is 3. The van der Waals surface area contributed by atoms with Gasteiger partial charge in [0.1, 0.15) is 0 Å². The Bertz CT molecular complexity index is 261. The number of hydrogen-bond donors (Lipinski definition) is 1. The Labute approximate surface area is 106 Å². The van der Waals surface area contributed by atoms with Crippen LogP contribution in [0.4, 0.5) is 0 Å². The number of nitrogens with one attached hydrogen (secondary N) is 1. The second kappa shape index (κ2) is 5.51. The van der Waals surface area contributed by atoms with Crippen LogP contribution in [0.15, 0.2) is 12.2 Å². The second-order valence-electron chi connectivity index (χ2n) is 5.96. The number of likely N-dealkylation sites (N-methyl/N-ethyl adjacent to an activating group) is 1. The molecule has 1 saturated heterocycles. The summed E-state index contributed by atoms with van der Waals surface area (Å²) in [5.41, 5.74) is 1.33. The predicted octanol–water partition coefficient (Wildman–Crippen LogP) is 1.32. The van der Waals surface area contributed by atoms with Gasteiger partial charge in [0.15, 0.2) is 0 Å². The highest BCUT2D eigenvalue weighted by Crippen LogP contribution is 2.19. The molecule has 0 aromatic carbocycles. The highest BCUT2D eigenvalue weighted by atomic mass is 15.3. The second-order valence-corrected chi connectivity index (χ2v) is 5.96. The van der Waals surface area contributed by atoms with Crippen molar-refractivity contribution in [1.29, 1.82) is 0 Å². The van der Waals surface area contributed by atoms with Crippen LogP contribution >= 0.6 is 0 Å². The van der Waals surface area contributed by atoms with Gasteiger partial charge in [0.25, 0.3) is 0 Å². The van der Waals surface area contributed by atoms with Crippen molar-refractivity contribution in [2.45, 2.75) is 44.8 Å². The van der Waals surface area contributed by atoms with E-state index >= 15 is 0 Å². The molecule has 1 N–H and O–H groups in total. The molecule has 2 aliphatic rings. The van der Waals surface area contributed by atoms with Gasteiger partial charge in [-0.2, -0.15) is 0 Å². The average molecular weight is 237 g/mol. The van der Waals surface area contributed by atoms with Gasteiger partial charge in [-0.15, -0.1) is 0 Å². The Morgan fingerprint density at radius 3 is 2.35 bits per heavy atom. The molecule has 3 heteroatoms. The molecule has 1 aliphatic carbocycles. The fourth-order valence-corrected chi connectivity index (χ4v) is 2.59. The molecular weight excluding hydrogens is 210 g/mol. The topological polar surface area (TPSA) is 18.5 Å². The first-order valence-corrected chi connectivity index (χ1v) is 6.90. The third-order valence-electron chi connectivity index (χ3n) is 4.10. The molecule has 1 saturated carbocycles. The molecule has 2 atom stereocenters. The van der Waals surface area contributed by atoms with Gasteiger partial charge in [-0.05, 0) is 39.3 Å². The van der Waals surface area contributed by atoms with Crippen LogP contribution in [0.3, 0.4) is 0 Å². The average Bonchev–Trinajstić information content (AvgIpc) is 3.07. The van der Waals surface area contributed by atoms with E-state index in [0.717, 1.165) is 19.1 Å². The molecule has 2 unspecified atom stereocenters. The lowest BCUT2D eigenvalue weighted by molar-refractivity contribution is 0.0655. The van der Waals surface area contributed by atoms with Gasteiger partial charge in [-0.1, -0.05) is 6.58 Å². The van der Waals surface area contributed by atoms with E-state index in [1.54, 1.807) is 0 Å². The zero-order valence-electron chi connectivity index (χ0n) is 11.6. The highest BCUT2D eigenvalue weighted by molar-refractivity contribution is 5.03. The lowest BCUT2D eigenvalue weighted by atomic mass is 10.1. The van der Waals surface area contributed by atoms with Gasteiger partial charge < -0.3 is 5.32 Å². The Kier molecular flexibility index (Phi) is 4.23. The molecule has 0 amide bonds. The van der Waals surface area contributed by atoms with Crippen LogP contribution in [0.5, 0.6) is 0 Å². The van der Waals surface area contributed by atoms with Crippen molar-refractivity contribution < 1.29 is 0 Å². The number of piperazine rings is 1. The molecule has 1 aliphatic heterocycles. The van der Waals surface area contributed by atoms with Gasteiger partial charge >= 0.3 is 0 Å². The largest absolute Gasteiger partial charge is 0.310 e. The molecule has 2 rings (SSSR count). The van der Waals surface area contributed by atoms with Crippen molar-refractivity contribution >= 4 is 0 Å². The van der Waals surface area contributed by atoms with Crippen molar-refractivity contribution in [3.63, 3.8) is 0 Å². The Hall–Kier alpha value is -0.380. The normalized spacial score (nSPS) is 31.7. The van der Waals surface area contributed by atoms with E-state index in [2.05, 4.69) is 42.6 Å². The molecule has 98 valence electrons. The maximum atomic E-state index is 4.20. The summed E-state index contributed by atoms with van der Waals surface area (Å²) in [6, 6.07) is 2.10. The monoisotopic (exact) mass is 237 g/mol. The summed E-state index contributed by atoms with van der Waals surface area (Å²) in [4.78, 5) is 5.02. The van der Waals surface area contributed by atoms with Crippen molar-refractivity contribution in [2.24, 2.45) is 0 Å². The molecule has 1 heterocycles. The van der Waals surface area contributed by atoms with E-state index in [0.29, 0.717) is 12.1 Å². The molecule has 3 nitrogen and oxygen atoms in total. The molecule has 0 bridgehead atoms. The summed E-state index contributed by atoms with van der Waals surface area (Å²) in [6.07, 6.45) is 2.71. The first-order chi connectivity index (χ1) is 8.06. The number of rotatable bonds is 5.